The third-order valence-corrected chi connectivity index (χ3v) is 4.42. The summed E-state index contributed by atoms with van der Waals surface area (Å²) in [6.45, 7) is 4.21. The molecule has 0 N–H and O–H groups in total. The molecular formula is C12H25NOS. The van der Waals surface area contributed by atoms with Gasteiger partial charge in [0.25, 0.3) is 0 Å². The quantitative estimate of drug-likeness (QED) is 0.705. The number of hydrogen-bond acceptors (Lipinski definition) is 3. The molecule has 0 aromatic heterocycles. The Balaban J connectivity index is 2.43. The first-order chi connectivity index (χ1) is 7.13. The highest BCUT2D eigenvalue weighted by Crippen LogP contribution is 2.39. The average Bonchev–Trinajstić information content (AvgIpc) is 2.67. The van der Waals surface area contributed by atoms with Gasteiger partial charge in [0.15, 0.2) is 0 Å². The lowest BCUT2D eigenvalue weighted by Crippen LogP contribution is -2.41. The van der Waals surface area contributed by atoms with E-state index in [9.17, 15) is 0 Å². The highest BCUT2D eigenvalue weighted by Gasteiger charge is 2.34. The zero-order valence-corrected chi connectivity index (χ0v) is 11.2. The van der Waals surface area contributed by atoms with Gasteiger partial charge in [-0.2, -0.15) is 12.6 Å². The van der Waals surface area contributed by atoms with Crippen LogP contribution in [0.2, 0.25) is 0 Å². The largest absolute Gasteiger partial charge is 0.383 e. The van der Waals surface area contributed by atoms with Gasteiger partial charge < -0.3 is 9.64 Å². The number of likely N-dealkylation sites (N-methyl/N-ethyl adjacent to an activating group) is 1. The number of rotatable bonds is 6. The third-order valence-electron chi connectivity index (χ3n) is 3.74. The predicted molar refractivity (Wildman–Crippen MR) is 68.7 cm³/mol. The van der Waals surface area contributed by atoms with Crippen molar-refractivity contribution in [1.82, 2.24) is 4.90 Å². The third kappa shape index (κ3) is 3.65. The second-order valence-corrected chi connectivity index (χ2v) is 5.40. The number of methoxy groups -OCH3 is 1. The molecule has 0 saturated heterocycles. The van der Waals surface area contributed by atoms with Gasteiger partial charge in [-0.1, -0.05) is 12.8 Å². The van der Waals surface area contributed by atoms with E-state index >= 15 is 0 Å². The van der Waals surface area contributed by atoms with Crippen molar-refractivity contribution in [2.45, 2.75) is 38.6 Å². The molecule has 1 saturated carbocycles. The first-order valence-corrected chi connectivity index (χ1v) is 6.57. The minimum absolute atomic E-state index is 0.472. The molecule has 0 aromatic carbocycles. The van der Waals surface area contributed by atoms with Crippen LogP contribution in [0.3, 0.4) is 0 Å². The van der Waals surface area contributed by atoms with Crippen LogP contribution in [0.25, 0.3) is 0 Å². The lowest BCUT2D eigenvalue weighted by atomic mass is 9.87. The summed E-state index contributed by atoms with van der Waals surface area (Å²) in [5, 5.41) is 0. The summed E-state index contributed by atoms with van der Waals surface area (Å²) >= 11 is 4.54. The molecule has 3 heteroatoms. The fraction of sp³-hybridized carbons (Fsp3) is 1.00. The van der Waals surface area contributed by atoms with Crippen molar-refractivity contribution in [3.63, 3.8) is 0 Å². The van der Waals surface area contributed by atoms with Crippen molar-refractivity contribution in [3.8, 4) is 0 Å². The molecule has 0 amide bonds. The molecule has 0 aliphatic heterocycles. The van der Waals surface area contributed by atoms with E-state index < -0.39 is 0 Å². The Bertz CT molecular complexity index is 180. The Kier molecular flexibility index (Phi) is 5.44. The molecule has 90 valence electrons. The van der Waals surface area contributed by atoms with Crippen LogP contribution in [0.15, 0.2) is 0 Å². The maximum absolute atomic E-state index is 5.20. The zero-order valence-electron chi connectivity index (χ0n) is 10.3. The van der Waals surface area contributed by atoms with Gasteiger partial charge in [-0.15, -0.1) is 0 Å². The number of thiol groups is 1. The van der Waals surface area contributed by atoms with Gasteiger partial charge in [0.05, 0.1) is 6.61 Å². The zero-order chi connectivity index (χ0) is 11.3. The van der Waals surface area contributed by atoms with Gasteiger partial charge in [-0.3, -0.25) is 0 Å². The molecule has 1 aliphatic carbocycles. The molecule has 0 spiro atoms. The summed E-state index contributed by atoms with van der Waals surface area (Å²) in [6, 6.07) is 0.507. The molecule has 0 bridgehead atoms. The van der Waals surface area contributed by atoms with Crippen LogP contribution in [0.4, 0.5) is 0 Å². The maximum Gasteiger partial charge on any atom is 0.0615 e. The van der Waals surface area contributed by atoms with Crippen molar-refractivity contribution in [1.29, 1.82) is 0 Å². The Morgan fingerprint density at radius 2 is 2.00 bits per heavy atom. The molecule has 0 radical (unpaired) electrons. The minimum Gasteiger partial charge on any atom is -0.383 e. The smallest absolute Gasteiger partial charge is 0.0615 e. The van der Waals surface area contributed by atoms with Gasteiger partial charge in [-0.25, -0.2) is 0 Å². The van der Waals surface area contributed by atoms with E-state index in [4.69, 9.17) is 4.74 Å². The predicted octanol–water partition coefficient (Wildman–Crippen LogP) is 2.44. The molecule has 1 aliphatic rings. The van der Waals surface area contributed by atoms with E-state index in [0.29, 0.717) is 11.5 Å². The molecule has 1 rings (SSSR count). The summed E-state index contributed by atoms with van der Waals surface area (Å²) in [6.07, 6.45) is 5.46. The van der Waals surface area contributed by atoms with Gasteiger partial charge in [0, 0.05) is 19.7 Å². The summed E-state index contributed by atoms with van der Waals surface area (Å²) < 4.78 is 5.20. The van der Waals surface area contributed by atoms with Gasteiger partial charge >= 0.3 is 0 Å². The number of nitrogens with zero attached hydrogens (tertiary/aromatic N) is 1. The first kappa shape index (κ1) is 13.3. The van der Waals surface area contributed by atoms with Crippen LogP contribution < -0.4 is 0 Å². The van der Waals surface area contributed by atoms with E-state index in [1.807, 2.05) is 0 Å². The Morgan fingerprint density at radius 1 is 1.40 bits per heavy atom. The number of hydrogen-bond donors (Lipinski definition) is 1. The fourth-order valence-electron chi connectivity index (χ4n) is 2.54. The van der Waals surface area contributed by atoms with Crippen LogP contribution >= 0.6 is 12.6 Å². The van der Waals surface area contributed by atoms with Gasteiger partial charge in [0.2, 0.25) is 0 Å². The molecular weight excluding hydrogens is 206 g/mol. The second kappa shape index (κ2) is 6.12. The Labute approximate surface area is 99.8 Å². The van der Waals surface area contributed by atoms with Crippen molar-refractivity contribution >= 4 is 12.6 Å². The highest BCUT2D eigenvalue weighted by atomic mass is 32.1. The molecule has 1 fully saturated rings. The summed E-state index contributed by atoms with van der Waals surface area (Å²) in [4.78, 5) is 2.42. The molecule has 0 heterocycles. The first-order valence-electron chi connectivity index (χ1n) is 5.93. The van der Waals surface area contributed by atoms with Crippen molar-refractivity contribution in [2.75, 3.05) is 33.1 Å². The van der Waals surface area contributed by atoms with Crippen LogP contribution in [0.1, 0.15) is 32.6 Å². The second-order valence-electron chi connectivity index (χ2n) is 5.08. The summed E-state index contributed by atoms with van der Waals surface area (Å²) in [5.74, 6) is 1.02. The average molecular weight is 231 g/mol. The molecule has 0 aromatic rings. The SMILES string of the molecule is COCC(C)N(C)CC1(CS)CCCC1. The Hall–Kier alpha value is 0.270. The van der Waals surface area contributed by atoms with E-state index in [0.717, 1.165) is 12.4 Å². The maximum atomic E-state index is 5.20. The monoisotopic (exact) mass is 231 g/mol. The van der Waals surface area contributed by atoms with Crippen LogP contribution in [0.5, 0.6) is 0 Å². The van der Waals surface area contributed by atoms with E-state index in [-0.39, 0.29) is 0 Å². The van der Waals surface area contributed by atoms with Crippen LogP contribution in [-0.2, 0) is 4.74 Å². The van der Waals surface area contributed by atoms with Crippen molar-refractivity contribution in [2.24, 2.45) is 5.41 Å². The lowest BCUT2D eigenvalue weighted by Gasteiger charge is -2.35. The number of ether oxygens (including phenoxy) is 1. The normalized spacial score (nSPS) is 22.2. The topological polar surface area (TPSA) is 12.5 Å². The molecule has 1 unspecified atom stereocenters. The fourth-order valence-corrected chi connectivity index (χ4v) is 2.96. The van der Waals surface area contributed by atoms with Crippen molar-refractivity contribution in [3.05, 3.63) is 0 Å². The molecule has 1 atom stereocenters. The lowest BCUT2D eigenvalue weighted by molar-refractivity contribution is 0.0886. The van der Waals surface area contributed by atoms with Crippen LogP contribution in [-0.4, -0.2) is 44.0 Å². The van der Waals surface area contributed by atoms with Gasteiger partial charge in [0.1, 0.15) is 0 Å². The summed E-state index contributed by atoms with van der Waals surface area (Å²) in [7, 11) is 3.97. The molecule has 2 nitrogen and oxygen atoms in total. The minimum atomic E-state index is 0.472. The highest BCUT2D eigenvalue weighted by molar-refractivity contribution is 7.80. The van der Waals surface area contributed by atoms with Crippen LogP contribution in [0, 0.1) is 5.41 Å². The standard InChI is InChI=1S/C12H25NOS/c1-11(8-14-3)13(2)9-12(10-15)6-4-5-7-12/h11,15H,4-10H2,1-3H3. The summed E-state index contributed by atoms with van der Waals surface area (Å²) in [5.41, 5.74) is 0.472. The Morgan fingerprint density at radius 3 is 2.47 bits per heavy atom. The van der Waals surface area contributed by atoms with Crippen molar-refractivity contribution < 1.29 is 4.74 Å². The van der Waals surface area contributed by atoms with E-state index in [1.165, 1.54) is 32.2 Å². The van der Waals surface area contributed by atoms with Gasteiger partial charge in [-0.05, 0) is 38.0 Å². The molecule has 15 heavy (non-hydrogen) atoms. The van der Waals surface area contributed by atoms with E-state index in [1.54, 1.807) is 7.11 Å². The van der Waals surface area contributed by atoms with E-state index in [2.05, 4.69) is 31.5 Å².